The Labute approximate surface area is 152 Å². The van der Waals surface area contributed by atoms with E-state index < -0.39 is 21.6 Å². The van der Waals surface area contributed by atoms with Gasteiger partial charge in [-0.3, -0.25) is 4.79 Å². The second kappa shape index (κ2) is 8.42. The van der Waals surface area contributed by atoms with Gasteiger partial charge in [0.05, 0.1) is 9.79 Å². The minimum atomic E-state index is -3.87. The number of sulfone groups is 1. The van der Waals surface area contributed by atoms with E-state index in [-0.39, 0.29) is 28.0 Å². The maximum atomic E-state index is 14.1. The van der Waals surface area contributed by atoms with Gasteiger partial charge in [-0.05, 0) is 55.7 Å². The zero-order chi connectivity index (χ0) is 19.3. The number of halogens is 1. The van der Waals surface area contributed by atoms with Crippen LogP contribution in [0.5, 0.6) is 5.75 Å². The highest BCUT2D eigenvalue weighted by Gasteiger charge is 2.20. The van der Waals surface area contributed by atoms with Gasteiger partial charge in [0.1, 0.15) is 0 Å². The summed E-state index contributed by atoms with van der Waals surface area (Å²) in [5.41, 5.74) is 6.65. The van der Waals surface area contributed by atoms with E-state index in [9.17, 15) is 17.6 Å². The lowest BCUT2D eigenvalue weighted by molar-refractivity contribution is -0.134. The topological polar surface area (TPSA) is 86.5 Å². The van der Waals surface area contributed by atoms with Crippen molar-refractivity contribution in [3.05, 3.63) is 53.8 Å². The van der Waals surface area contributed by atoms with Crippen LogP contribution < -0.4 is 10.5 Å². The first-order valence-corrected chi connectivity index (χ1v) is 9.82. The molecule has 140 valence electrons. The first-order valence-electron chi connectivity index (χ1n) is 8.34. The van der Waals surface area contributed by atoms with Gasteiger partial charge >= 0.3 is 5.97 Å². The second-order valence-corrected chi connectivity index (χ2v) is 8.09. The molecule has 1 unspecified atom stereocenters. The minimum absolute atomic E-state index is 0.0329. The van der Waals surface area contributed by atoms with Gasteiger partial charge < -0.3 is 10.5 Å². The van der Waals surface area contributed by atoms with E-state index in [4.69, 9.17) is 10.5 Å². The quantitative estimate of drug-likeness (QED) is 0.589. The van der Waals surface area contributed by atoms with Gasteiger partial charge in [-0.15, -0.1) is 0 Å². The van der Waals surface area contributed by atoms with Gasteiger partial charge in [0.2, 0.25) is 9.84 Å². The first-order chi connectivity index (χ1) is 12.2. The molecule has 0 fully saturated rings. The SMILES string of the molecule is CCCC(=O)Oc1ccc(S(=O)(=O)c2ccc(CC(C)N)cc2)cc1F. The number of nitrogens with two attached hydrogens (primary N) is 1. The Bertz CT molecular complexity index is 877. The fourth-order valence-electron chi connectivity index (χ4n) is 2.42. The lowest BCUT2D eigenvalue weighted by Crippen LogP contribution is -2.17. The van der Waals surface area contributed by atoms with Crippen LogP contribution in [0.2, 0.25) is 0 Å². The van der Waals surface area contributed by atoms with E-state index in [0.717, 1.165) is 17.7 Å². The van der Waals surface area contributed by atoms with Crippen molar-refractivity contribution in [2.24, 2.45) is 5.73 Å². The van der Waals surface area contributed by atoms with Gasteiger partial charge in [-0.25, -0.2) is 12.8 Å². The van der Waals surface area contributed by atoms with Crippen LogP contribution in [0.15, 0.2) is 52.3 Å². The maximum Gasteiger partial charge on any atom is 0.311 e. The molecule has 0 spiro atoms. The molecule has 5 nitrogen and oxygen atoms in total. The van der Waals surface area contributed by atoms with Crippen molar-refractivity contribution in [1.29, 1.82) is 0 Å². The standard InChI is InChI=1S/C19H22FNO4S/c1-3-4-19(22)25-18-10-9-16(12-17(18)20)26(23,24)15-7-5-14(6-8-15)11-13(2)21/h5-10,12-13H,3-4,11,21H2,1-2H3. The molecule has 0 aliphatic rings. The van der Waals surface area contributed by atoms with Crippen molar-refractivity contribution < 1.29 is 22.3 Å². The molecule has 0 aromatic heterocycles. The second-order valence-electron chi connectivity index (χ2n) is 6.15. The monoisotopic (exact) mass is 379 g/mol. The number of rotatable bonds is 7. The normalized spacial score (nSPS) is 12.6. The summed E-state index contributed by atoms with van der Waals surface area (Å²) >= 11 is 0. The lowest BCUT2D eigenvalue weighted by atomic mass is 10.1. The summed E-state index contributed by atoms with van der Waals surface area (Å²) in [7, 11) is -3.87. The highest BCUT2D eigenvalue weighted by molar-refractivity contribution is 7.91. The average Bonchev–Trinajstić information content (AvgIpc) is 2.57. The number of hydrogen-bond acceptors (Lipinski definition) is 5. The van der Waals surface area contributed by atoms with Crippen molar-refractivity contribution in [2.45, 2.75) is 48.9 Å². The van der Waals surface area contributed by atoms with Crippen molar-refractivity contribution in [3.8, 4) is 5.75 Å². The fourth-order valence-corrected chi connectivity index (χ4v) is 3.69. The molecule has 2 rings (SSSR count). The zero-order valence-electron chi connectivity index (χ0n) is 14.7. The smallest absolute Gasteiger partial charge is 0.311 e. The molecule has 0 heterocycles. The van der Waals surface area contributed by atoms with Crippen LogP contribution in [0.4, 0.5) is 4.39 Å². The number of benzene rings is 2. The predicted octanol–water partition coefficient (Wildman–Crippen LogP) is 3.25. The van der Waals surface area contributed by atoms with E-state index >= 15 is 0 Å². The number of esters is 1. The molecule has 0 bridgehead atoms. The van der Waals surface area contributed by atoms with Crippen LogP contribution in [0.25, 0.3) is 0 Å². The molecule has 0 radical (unpaired) electrons. The Morgan fingerprint density at radius 3 is 2.31 bits per heavy atom. The Balaban J connectivity index is 2.26. The predicted molar refractivity (Wildman–Crippen MR) is 96.2 cm³/mol. The summed E-state index contributed by atoms with van der Waals surface area (Å²) in [5, 5.41) is 0. The molecule has 26 heavy (non-hydrogen) atoms. The molecule has 0 amide bonds. The van der Waals surface area contributed by atoms with Gasteiger partial charge in [0.15, 0.2) is 11.6 Å². The first kappa shape index (κ1) is 20.1. The molecule has 2 aromatic carbocycles. The number of hydrogen-bond donors (Lipinski definition) is 1. The lowest BCUT2D eigenvalue weighted by Gasteiger charge is -2.09. The largest absolute Gasteiger partial charge is 0.423 e. The molecular weight excluding hydrogens is 357 g/mol. The van der Waals surface area contributed by atoms with Crippen molar-refractivity contribution >= 4 is 15.8 Å². The summed E-state index contributed by atoms with van der Waals surface area (Å²) in [4.78, 5) is 11.3. The summed E-state index contributed by atoms with van der Waals surface area (Å²) in [6, 6.07) is 9.53. The van der Waals surface area contributed by atoms with Crippen molar-refractivity contribution in [2.75, 3.05) is 0 Å². The Morgan fingerprint density at radius 2 is 1.77 bits per heavy atom. The zero-order valence-corrected chi connectivity index (χ0v) is 15.6. The fraction of sp³-hybridized carbons (Fsp3) is 0.316. The minimum Gasteiger partial charge on any atom is -0.423 e. The van der Waals surface area contributed by atoms with E-state index in [1.165, 1.54) is 18.2 Å². The van der Waals surface area contributed by atoms with E-state index in [1.54, 1.807) is 19.1 Å². The summed E-state index contributed by atoms with van der Waals surface area (Å²) in [6.45, 7) is 3.66. The number of carbonyl (C=O) groups is 1. The van der Waals surface area contributed by atoms with Crippen LogP contribution >= 0.6 is 0 Å². The van der Waals surface area contributed by atoms with Crippen LogP contribution in [0.3, 0.4) is 0 Å². The van der Waals surface area contributed by atoms with Crippen molar-refractivity contribution in [1.82, 2.24) is 0 Å². The Morgan fingerprint density at radius 1 is 1.15 bits per heavy atom. The van der Waals surface area contributed by atoms with Gasteiger partial charge in [-0.1, -0.05) is 19.1 Å². The van der Waals surface area contributed by atoms with Crippen LogP contribution in [0.1, 0.15) is 32.3 Å². The summed E-state index contributed by atoms with van der Waals surface area (Å²) in [5.74, 6) is -1.74. The number of carbonyl (C=O) groups excluding carboxylic acids is 1. The molecule has 1 atom stereocenters. The molecule has 2 N–H and O–H groups in total. The van der Waals surface area contributed by atoms with Crippen LogP contribution in [-0.4, -0.2) is 20.4 Å². The molecular formula is C19H22FNO4S. The molecule has 0 aliphatic heterocycles. The Kier molecular flexibility index (Phi) is 6.50. The van der Waals surface area contributed by atoms with Crippen LogP contribution in [-0.2, 0) is 21.1 Å². The van der Waals surface area contributed by atoms with E-state index in [2.05, 4.69) is 0 Å². The van der Waals surface area contributed by atoms with Gasteiger partial charge in [0.25, 0.3) is 0 Å². The third-order valence-corrected chi connectivity index (χ3v) is 5.45. The summed E-state index contributed by atoms with van der Waals surface area (Å²) < 4.78 is 44.4. The van der Waals surface area contributed by atoms with E-state index in [0.29, 0.717) is 12.8 Å². The van der Waals surface area contributed by atoms with Crippen LogP contribution in [0, 0.1) is 5.82 Å². The average molecular weight is 379 g/mol. The van der Waals surface area contributed by atoms with E-state index in [1.807, 2.05) is 6.92 Å². The van der Waals surface area contributed by atoms with Gasteiger partial charge in [-0.2, -0.15) is 0 Å². The molecule has 0 saturated carbocycles. The summed E-state index contributed by atoms with van der Waals surface area (Å²) in [6.07, 6.45) is 1.37. The molecule has 0 aliphatic carbocycles. The third kappa shape index (κ3) is 4.89. The Hall–Kier alpha value is -2.25. The number of ether oxygens (including phenoxy) is 1. The van der Waals surface area contributed by atoms with Crippen molar-refractivity contribution in [3.63, 3.8) is 0 Å². The highest BCUT2D eigenvalue weighted by Crippen LogP contribution is 2.26. The molecule has 7 heteroatoms. The highest BCUT2D eigenvalue weighted by atomic mass is 32.2. The molecule has 0 saturated heterocycles. The molecule has 2 aromatic rings. The maximum absolute atomic E-state index is 14.1. The van der Waals surface area contributed by atoms with Gasteiger partial charge in [0, 0.05) is 12.5 Å². The third-order valence-electron chi connectivity index (χ3n) is 3.68.